The van der Waals surface area contributed by atoms with Gasteiger partial charge >= 0.3 is 11.9 Å². The molecule has 4 aromatic rings. The molecule has 0 aliphatic heterocycles. The first-order valence-electron chi connectivity index (χ1n) is 10.0. The molecule has 1 heterocycles. The molecule has 0 spiro atoms. The Kier molecular flexibility index (Phi) is 4.44. The van der Waals surface area contributed by atoms with Crippen LogP contribution >= 0.6 is 0 Å². The van der Waals surface area contributed by atoms with Gasteiger partial charge in [-0.15, -0.1) is 0 Å². The number of aryl methyl sites for hydroxylation is 1. The molecule has 0 saturated carbocycles. The van der Waals surface area contributed by atoms with E-state index in [1.54, 1.807) is 42.5 Å². The summed E-state index contributed by atoms with van der Waals surface area (Å²) < 4.78 is 2.10. The summed E-state index contributed by atoms with van der Waals surface area (Å²) in [4.78, 5) is 22.8. The van der Waals surface area contributed by atoms with E-state index in [1.807, 2.05) is 18.2 Å². The Bertz CT molecular complexity index is 1330. The lowest BCUT2D eigenvalue weighted by Gasteiger charge is -2.20. The molecule has 1 aliphatic rings. The quantitative estimate of drug-likeness (QED) is 0.479. The maximum absolute atomic E-state index is 11.6. The SMILES string of the molecule is O=C(O)c1ccc(-c2cc3c(n2-c2cccc(C(=O)O)c2)CCc2ccccc2-3)cc1. The van der Waals surface area contributed by atoms with Crippen molar-refractivity contribution in [1.29, 1.82) is 0 Å². The number of aromatic carboxylic acids is 2. The second-order valence-corrected chi connectivity index (χ2v) is 7.62. The van der Waals surface area contributed by atoms with E-state index in [2.05, 4.69) is 22.8 Å². The number of carboxylic acids is 2. The first-order chi connectivity index (χ1) is 15.0. The topological polar surface area (TPSA) is 79.5 Å². The minimum absolute atomic E-state index is 0.225. The van der Waals surface area contributed by atoms with Crippen LogP contribution in [0.3, 0.4) is 0 Å². The maximum atomic E-state index is 11.6. The normalized spacial score (nSPS) is 12.1. The van der Waals surface area contributed by atoms with Gasteiger partial charge in [0, 0.05) is 16.9 Å². The van der Waals surface area contributed by atoms with Gasteiger partial charge in [-0.1, -0.05) is 42.5 Å². The zero-order valence-corrected chi connectivity index (χ0v) is 16.6. The highest BCUT2D eigenvalue weighted by molar-refractivity contribution is 5.90. The molecule has 0 fully saturated rings. The smallest absolute Gasteiger partial charge is 0.335 e. The highest BCUT2D eigenvalue weighted by Crippen LogP contribution is 2.40. The van der Waals surface area contributed by atoms with E-state index < -0.39 is 11.9 Å². The number of nitrogens with zero attached hydrogens (tertiary/aromatic N) is 1. The van der Waals surface area contributed by atoms with E-state index >= 15 is 0 Å². The molecule has 1 aromatic heterocycles. The molecule has 0 saturated heterocycles. The predicted octanol–water partition coefficient (Wildman–Crippen LogP) is 5.31. The second kappa shape index (κ2) is 7.29. The molecular weight excluding hydrogens is 390 g/mol. The molecule has 3 aromatic carbocycles. The van der Waals surface area contributed by atoms with Crippen molar-refractivity contribution in [1.82, 2.24) is 4.57 Å². The van der Waals surface area contributed by atoms with E-state index in [0.29, 0.717) is 0 Å². The highest BCUT2D eigenvalue weighted by Gasteiger charge is 2.24. The third kappa shape index (κ3) is 3.20. The van der Waals surface area contributed by atoms with Crippen LogP contribution in [0.15, 0.2) is 78.9 Å². The molecule has 5 rings (SSSR count). The first-order valence-corrected chi connectivity index (χ1v) is 10.0. The average Bonchev–Trinajstić information content (AvgIpc) is 3.19. The van der Waals surface area contributed by atoms with Gasteiger partial charge in [0.05, 0.1) is 16.8 Å². The molecule has 1 aliphatic carbocycles. The zero-order valence-electron chi connectivity index (χ0n) is 16.6. The summed E-state index contributed by atoms with van der Waals surface area (Å²) in [6, 6.07) is 24.1. The van der Waals surface area contributed by atoms with Crippen LogP contribution in [0.25, 0.3) is 28.1 Å². The second-order valence-electron chi connectivity index (χ2n) is 7.62. The summed E-state index contributed by atoms with van der Waals surface area (Å²) in [7, 11) is 0. The summed E-state index contributed by atoms with van der Waals surface area (Å²) >= 11 is 0. The first kappa shape index (κ1) is 18.9. The fraction of sp³-hybridized carbons (Fsp3) is 0.0769. The standard InChI is InChI=1S/C26H19NO4/c28-25(29)18-10-8-17(9-11-18)24-15-22-21-7-2-1-4-16(21)12-13-23(22)27(24)20-6-3-5-19(14-20)26(30)31/h1-11,14-15H,12-13H2,(H,28,29)(H,30,31). The summed E-state index contributed by atoms with van der Waals surface area (Å²) in [5.74, 6) is -1.94. The van der Waals surface area contributed by atoms with E-state index in [1.165, 1.54) is 11.1 Å². The molecule has 5 nitrogen and oxygen atoms in total. The third-order valence-electron chi connectivity index (χ3n) is 5.82. The summed E-state index contributed by atoms with van der Waals surface area (Å²) in [6.45, 7) is 0. The van der Waals surface area contributed by atoms with Crippen LogP contribution in [0.4, 0.5) is 0 Å². The molecule has 0 bridgehead atoms. The van der Waals surface area contributed by atoms with Gasteiger partial charge < -0.3 is 14.8 Å². The molecule has 152 valence electrons. The van der Waals surface area contributed by atoms with Gasteiger partial charge in [-0.25, -0.2) is 9.59 Å². The van der Waals surface area contributed by atoms with Crippen LogP contribution in [0, 0.1) is 0 Å². The summed E-state index contributed by atoms with van der Waals surface area (Å²) in [5, 5.41) is 18.7. The Balaban J connectivity index is 1.76. The van der Waals surface area contributed by atoms with Crippen molar-refractivity contribution in [3.8, 4) is 28.1 Å². The number of carboxylic acid groups (broad SMARTS) is 2. The Morgan fingerprint density at radius 1 is 0.710 bits per heavy atom. The Morgan fingerprint density at radius 3 is 2.19 bits per heavy atom. The van der Waals surface area contributed by atoms with Crippen LogP contribution in [-0.4, -0.2) is 26.7 Å². The predicted molar refractivity (Wildman–Crippen MR) is 118 cm³/mol. The van der Waals surface area contributed by atoms with Gasteiger partial charge in [0.15, 0.2) is 0 Å². The van der Waals surface area contributed by atoms with Crippen molar-refractivity contribution < 1.29 is 19.8 Å². The van der Waals surface area contributed by atoms with Crippen LogP contribution < -0.4 is 0 Å². The molecule has 31 heavy (non-hydrogen) atoms. The van der Waals surface area contributed by atoms with Crippen molar-refractivity contribution in [2.45, 2.75) is 12.8 Å². The third-order valence-corrected chi connectivity index (χ3v) is 5.82. The molecule has 0 unspecified atom stereocenters. The van der Waals surface area contributed by atoms with E-state index in [0.717, 1.165) is 41.0 Å². The van der Waals surface area contributed by atoms with Crippen molar-refractivity contribution in [3.63, 3.8) is 0 Å². The van der Waals surface area contributed by atoms with Crippen LogP contribution in [-0.2, 0) is 12.8 Å². The van der Waals surface area contributed by atoms with E-state index in [4.69, 9.17) is 0 Å². The maximum Gasteiger partial charge on any atom is 0.335 e. The number of hydrogen-bond acceptors (Lipinski definition) is 2. The lowest BCUT2D eigenvalue weighted by Crippen LogP contribution is -2.09. The summed E-state index contributed by atoms with van der Waals surface area (Å²) in [6.07, 6.45) is 1.74. The lowest BCUT2D eigenvalue weighted by atomic mass is 9.90. The minimum atomic E-state index is -0.972. The van der Waals surface area contributed by atoms with E-state index in [9.17, 15) is 19.8 Å². The van der Waals surface area contributed by atoms with Gasteiger partial charge in [-0.2, -0.15) is 0 Å². The van der Waals surface area contributed by atoms with Crippen LogP contribution in [0.2, 0.25) is 0 Å². The molecule has 5 heteroatoms. The zero-order chi connectivity index (χ0) is 21.5. The molecule has 0 radical (unpaired) electrons. The molecule has 0 atom stereocenters. The molecule has 0 amide bonds. The fourth-order valence-corrected chi connectivity index (χ4v) is 4.35. The molecule has 2 N–H and O–H groups in total. The van der Waals surface area contributed by atoms with Crippen molar-refractivity contribution in [3.05, 3.63) is 101 Å². The minimum Gasteiger partial charge on any atom is -0.478 e. The monoisotopic (exact) mass is 409 g/mol. The number of benzene rings is 3. The number of carbonyl (C=O) groups is 2. The van der Waals surface area contributed by atoms with Gasteiger partial charge in [0.1, 0.15) is 0 Å². The number of hydrogen-bond donors (Lipinski definition) is 2. The van der Waals surface area contributed by atoms with Crippen LogP contribution in [0.5, 0.6) is 0 Å². The van der Waals surface area contributed by atoms with Gasteiger partial charge in [0.2, 0.25) is 0 Å². The van der Waals surface area contributed by atoms with Crippen LogP contribution in [0.1, 0.15) is 32.0 Å². The fourth-order valence-electron chi connectivity index (χ4n) is 4.35. The Hall–Kier alpha value is -4.12. The Labute approximate surface area is 178 Å². The number of aromatic nitrogens is 1. The van der Waals surface area contributed by atoms with Crippen molar-refractivity contribution in [2.24, 2.45) is 0 Å². The molecular formula is C26H19NO4. The summed E-state index contributed by atoms with van der Waals surface area (Å²) in [5.41, 5.74) is 7.72. The number of fused-ring (bicyclic) bond motifs is 3. The lowest BCUT2D eigenvalue weighted by molar-refractivity contribution is 0.0686. The highest BCUT2D eigenvalue weighted by atomic mass is 16.4. The number of rotatable bonds is 4. The van der Waals surface area contributed by atoms with Gasteiger partial charge in [-0.05, 0) is 65.9 Å². The van der Waals surface area contributed by atoms with E-state index in [-0.39, 0.29) is 11.1 Å². The largest absolute Gasteiger partial charge is 0.478 e. The van der Waals surface area contributed by atoms with Gasteiger partial charge in [-0.3, -0.25) is 0 Å². The average molecular weight is 409 g/mol. The van der Waals surface area contributed by atoms with Crippen molar-refractivity contribution >= 4 is 11.9 Å². The Morgan fingerprint density at radius 2 is 1.45 bits per heavy atom. The van der Waals surface area contributed by atoms with Gasteiger partial charge in [0.25, 0.3) is 0 Å². The van der Waals surface area contributed by atoms with Crippen molar-refractivity contribution in [2.75, 3.05) is 0 Å².